The second kappa shape index (κ2) is 9.26. The molecule has 0 radical (unpaired) electrons. The summed E-state index contributed by atoms with van der Waals surface area (Å²) in [5, 5.41) is 12.7. The predicted molar refractivity (Wildman–Crippen MR) is 150 cm³/mol. The number of rotatable bonds is 4. The Kier molecular flexibility index (Phi) is 5.80. The van der Waals surface area contributed by atoms with E-state index in [0.717, 1.165) is 43.7 Å². The molecule has 2 aliphatic carbocycles. The molecule has 3 aromatic carbocycles. The van der Waals surface area contributed by atoms with Crippen LogP contribution in [0.3, 0.4) is 0 Å². The lowest BCUT2D eigenvalue weighted by atomic mass is 9.48. The maximum atomic E-state index is 13.3. The van der Waals surface area contributed by atoms with Gasteiger partial charge in [-0.1, -0.05) is 66.6 Å². The van der Waals surface area contributed by atoms with E-state index >= 15 is 0 Å². The van der Waals surface area contributed by atoms with Gasteiger partial charge >= 0.3 is 0 Å². The fraction of sp³-hybridized carbons (Fsp3) is 0.382. The summed E-state index contributed by atoms with van der Waals surface area (Å²) in [7, 11) is 1.84. The highest BCUT2D eigenvalue weighted by Gasteiger charge is 2.72. The van der Waals surface area contributed by atoms with Gasteiger partial charge in [0.2, 0.25) is 0 Å². The fourth-order valence-electron chi connectivity index (χ4n) is 8.04. The molecule has 1 saturated heterocycles. The average molecular weight is 519 g/mol. The molecule has 2 bridgehead atoms. The summed E-state index contributed by atoms with van der Waals surface area (Å²) in [5.41, 5.74) is 3.20. The molecule has 0 unspecified atom stereocenters. The topological polar surface area (TPSA) is 53.0 Å². The average Bonchev–Trinajstić information content (AvgIpc) is 3.31. The molecule has 198 valence electrons. The van der Waals surface area contributed by atoms with Crippen LogP contribution in [0.1, 0.15) is 41.5 Å². The molecule has 3 aromatic rings. The molecule has 2 fully saturated rings. The van der Waals surface area contributed by atoms with E-state index in [2.05, 4.69) is 59.2 Å². The van der Waals surface area contributed by atoms with Crippen molar-refractivity contribution < 1.29 is 14.6 Å². The first-order valence-electron chi connectivity index (χ1n) is 14.1. The third kappa shape index (κ3) is 3.66. The first-order chi connectivity index (χ1) is 19.0. The Hall–Kier alpha value is -3.59. The highest BCUT2D eigenvalue weighted by atomic mass is 16.5. The van der Waals surface area contributed by atoms with Gasteiger partial charge in [-0.05, 0) is 68.0 Å². The Labute approximate surface area is 230 Å². The molecule has 2 aliphatic heterocycles. The van der Waals surface area contributed by atoms with E-state index in [4.69, 9.17) is 4.74 Å². The van der Waals surface area contributed by atoms with E-state index in [9.17, 15) is 9.90 Å². The second-order valence-electron chi connectivity index (χ2n) is 11.6. The first-order valence-corrected chi connectivity index (χ1v) is 14.1. The minimum absolute atomic E-state index is 0.0294. The van der Waals surface area contributed by atoms with Crippen molar-refractivity contribution in [2.45, 2.75) is 61.3 Å². The number of hydrogen-bond acceptors (Lipinski definition) is 4. The molecule has 0 aromatic heterocycles. The lowest BCUT2D eigenvalue weighted by molar-refractivity contribution is -0.199. The van der Waals surface area contributed by atoms with Crippen LogP contribution in [-0.2, 0) is 23.1 Å². The summed E-state index contributed by atoms with van der Waals surface area (Å²) >= 11 is 0. The summed E-state index contributed by atoms with van der Waals surface area (Å²) < 4.78 is 6.73. The standard InChI is InChI=1S/C34H34N2O3/c1-35(30(37)16-15-24-9-4-2-5-10-24)27-17-19-34(38)29-23-26-13-8-14-28-31(26)33(34,32(27)39-28)20-22-36(29)21-18-25-11-6-3-7-12-25/h2-14,27,29,32,38H,17-23H2,1H3/t27-,29+,32-,33-,34+/m0/s1. The lowest BCUT2D eigenvalue weighted by Gasteiger charge is -2.64. The number of benzene rings is 3. The van der Waals surface area contributed by atoms with E-state index in [0.29, 0.717) is 12.8 Å². The summed E-state index contributed by atoms with van der Waals surface area (Å²) in [4.78, 5) is 17.6. The molecule has 7 rings (SSSR count). The lowest BCUT2D eigenvalue weighted by Crippen LogP contribution is -2.78. The van der Waals surface area contributed by atoms with Crippen LogP contribution in [0.15, 0.2) is 78.9 Å². The third-order valence-electron chi connectivity index (χ3n) is 9.88. The van der Waals surface area contributed by atoms with Gasteiger partial charge in [0, 0.05) is 36.7 Å². The van der Waals surface area contributed by atoms with Gasteiger partial charge in [0.15, 0.2) is 0 Å². The summed E-state index contributed by atoms with van der Waals surface area (Å²) in [5.74, 6) is 6.54. The van der Waals surface area contributed by atoms with E-state index in [1.807, 2.05) is 43.4 Å². The molecule has 4 aliphatic rings. The van der Waals surface area contributed by atoms with Crippen molar-refractivity contribution in [1.29, 1.82) is 0 Å². The smallest absolute Gasteiger partial charge is 0.298 e. The van der Waals surface area contributed by atoms with Gasteiger partial charge in [0.25, 0.3) is 5.91 Å². The zero-order valence-electron chi connectivity index (χ0n) is 22.3. The van der Waals surface area contributed by atoms with Crippen LogP contribution in [0.4, 0.5) is 0 Å². The second-order valence-corrected chi connectivity index (χ2v) is 11.6. The highest BCUT2D eigenvalue weighted by molar-refractivity contribution is 5.94. The number of piperidine rings is 1. The van der Waals surface area contributed by atoms with Crippen LogP contribution in [0.5, 0.6) is 5.75 Å². The van der Waals surface area contributed by atoms with Crippen molar-refractivity contribution in [2.75, 3.05) is 20.1 Å². The zero-order valence-corrected chi connectivity index (χ0v) is 22.3. The van der Waals surface area contributed by atoms with Crippen molar-refractivity contribution >= 4 is 5.91 Å². The van der Waals surface area contributed by atoms with Crippen LogP contribution in [-0.4, -0.2) is 64.7 Å². The van der Waals surface area contributed by atoms with Crippen molar-refractivity contribution in [3.8, 4) is 17.6 Å². The van der Waals surface area contributed by atoms with Gasteiger partial charge < -0.3 is 14.7 Å². The maximum Gasteiger partial charge on any atom is 0.298 e. The number of likely N-dealkylation sites (tertiary alicyclic amines) is 1. The molecular formula is C34H34N2O3. The number of ether oxygens (including phenoxy) is 1. The number of nitrogens with zero attached hydrogens (tertiary/aromatic N) is 2. The summed E-state index contributed by atoms with van der Waals surface area (Å²) in [6.45, 7) is 1.83. The van der Waals surface area contributed by atoms with Gasteiger partial charge in [-0.2, -0.15) is 0 Å². The quantitative estimate of drug-likeness (QED) is 0.532. The number of carbonyl (C=O) groups excluding carboxylic acids is 1. The van der Waals surface area contributed by atoms with E-state index in [-0.39, 0.29) is 24.1 Å². The molecule has 5 atom stereocenters. The molecule has 5 heteroatoms. The minimum Gasteiger partial charge on any atom is -0.487 e. The monoisotopic (exact) mass is 518 g/mol. The Morgan fingerprint density at radius 1 is 1.05 bits per heavy atom. The van der Waals surface area contributed by atoms with Gasteiger partial charge in [-0.15, -0.1) is 0 Å². The normalized spacial score (nSPS) is 29.9. The molecule has 1 saturated carbocycles. The van der Waals surface area contributed by atoms with Crippen molar-refractivity contribution in [3.05, 3.63) is 101 Å². The van der Waals surface area contributed by atoms with Crippen molar-refractivity contribution in [3.63, 3.8) is 0 Å². The van der Waals surface area contributed by atoms with Crippen LogP contribution in [0, 0.1) is 11.8 Å². The minimum atomic E-state index is -0.900. The molecule has 1 spiro atoms. The van der Waals surface area contributed by atoms with Crippen LogP contribution in [0.25, 0.3) is 0 Å². The molecule has 39 heavy (non-hydrogen) atoms. The summed E-state index contributed by atoms with van der Waals surface area (Å²) in [6, 6.07) is 26.4. The molecule has 2 heterocycles. The van der Waals surface area contributed by atoms with Gasteiger partial charge in [0.05, 0.1) is 17.1 Å². The van der Waals surface area contributed by atoms with Gasteiger partial charge in [-0.3, -0.25) is 9.69 Å². The molecule has 5 nitrogen and oxygen atoms in total. The van der Waals surface area contributed by atoms with Gasteiger partial charge in [-0.25, -0.2) is 0 Å². The van der Waals surface area contributed by atoms with Crippen molar-refractivity contribution in [2.24, 2.45) is 0 Å². The predicted octanol–water partition coefficient (Wildman–Crippen LogP) is 3.96. The Morgan fingerprint density at radius 2 is 1.82 bits per heavy atom. The first kappa shape index (κ1) is 24.5. The zero-order chi connectivity index (χ0) is 26.6. The van der Waals surface area contributed by atoms with Crippen LogP contribution < -0.4 is 4.74 Å². The number of hydrogen-bond donors (Lipinski definition) is 1. The number of aliphatic hydroxyl groups is 1. The molecular weight excluding hydrogens is 484 g/mol. The van der Waals surface area contributed by atoms with Crippen LogP contribution in [0.2, 0.25) is 0 Å². The Balaban J connectivity index is 1.21. The fourth-order valence-corrected chi connectivity index (χ4v) is 8.04. The highest BCUT2D eigenvalue weighted by Crippen LogP contribution is 2.64. The number of likely N-dealkylation sites (N-methyl/N-ethyl adjacent to an activating group) is 1. The largest absolute Gasteiger partial charge is 0.487 e. The maximum absolute atomic E-state index is 13.3. The van der Waals surface area contributed by atoms with E-state index < -0.39 is 11.0 Å². The third-order valence-corrected chi connectivity index (χ3v) is 9.88. The molecule has 1 amide bonds. The SMILES string of the molecule is CN(C(=O)C#Cc1ccccc1)[C@H]1CC[C@@]2(O)[C@H]3Cc4cccc5c4[C@@]2(CCN3CCc2ccccc2)[C@H]1O5. The Bertz CT molecular complexity index is 1460. The Morgan fingerprint density at radius 3 is 2.62 bits per heavy atom. The van der Waals surface area contributed by atoms with Gasteiger partial charge in [0.1, 0.15) is 11.9 Å². The summed E-state index contributed by atoms with van der Waals surface area (Å²) in [6.07, 6.45) is 3.64. The van der Waals surface area contributed by atoms with Crippen LogP contribution >= 0.6 is 0 Å². The number of carbonyl (C=O) groups is 1. The van der Waals surface area contributed by atoms with E-state index in [1.54, 1.807) is 4.90 Å². The molecule has 1 N–H and O–H groups in total. The van der Waals surface area contributed by atoms with E-state index in [1.165, 1.54) is 16.7 Å². The van der Waals surface area contributed by atoms with Crippen molar-refractivity contribution in [1.82, 2.24) is 9.80 Å². The number of amides is 1.